The average molecular weight is 542 g/mol. The fraction of sp³-hybridized carbons (Fsp3) is 0.577. The molecule has 11 heteroatoms. The van der Waals surface area contributed by atoms with Crippen LogP contribution in [0.4, 0.5) is 13.2 Å². The Morgan fingerprint density at radius 1 is 1.11 bits per heavy atom. The number of carbonyl (C=O) groups excluding carboxylic acids is 1. The first-order valence-electron chi connectivity index (χ1n) is 12.6. The molecule has 1 aromatic carbocycles. The minimum atomic E-state index is -4.12. The summed E-state index contributed by atoms with van der Waals surface area (Å²) >= 11 is 0. The molecule has 4 rings (SSSR count). The fourth-order valence-electron chi connectivity index (χ4n) is 5.56. The Balaban J connectivity index is 1.42. The van der Waals surface area contributed by atoms with E-state index in [9.17, 15) is 31.5 Å². The summed E-state index contributed by atoms with van der Waals surface area (Å²) in [6, 6.07) is 6.15. The Labute approximate surface area is 215 Å². The Bertz CT molecular complexity index is 1170. The third-order valence-corrected chi connectivity index (χ3v) is 9.52. The predicted molar refractivity (Wildman–Crippen MR) is 133 cm³/mol. The minimum absolute atomic E-state index is 0.0118. The topological polar surface area (TPSA) is 104 Å². The van der Waals surface area contributed by atoms with Crippen molar-refractivity contribution in [2.24, 2.45) is 17.6 Å². The quantitative estimate of drug-likeness (QED) is 0.524. The molecule has 0 saturated heterocycles. The number of β-amino-alcohol motifs (C(OH)–C–C–N with tert-alkyl or cyclic N) is 1. The van der Waals surface area contributed by atoms with Gasteiger partial charge in [0.25, 0.3) is 0 Å². The summed E-state index contributed by atoms with van der Waals surface area (Å²) in [5.41, 5.74) is 8.47. The van der Waals surface area contributed by atoms with Crippen molar-refractivity contribution < 1.29 is 31.5 Å². The molecule has 0 radical (unpaired) electrons. The molecule has 1 atom stereocenters. The minimum Gasteiger partial charge on any atom is -0.387 e. The lowest BCUT2D eigenvalue weighted by atomic mass is 9.81. The lowest BCUT2D eigenvalue weighted by Gasteiger charge is -2.33. The van der Waals surface area contributed by atoms with Gasteiger partial charge in [-0.15, -0.1) is 0 Å². The summed E-state index contributed by atoms with van der Waals surface area (Å²) in [5, 5.41) is 10.9. The molecule has 1 saturated carbocycles. The van der Waals surface area contributed by atoms with Crippen LogP contribution < -0.4 is 5.73 Å². The molecule has 0 unspecified atom stereocenters. The number of rotatable bonds is 8. The normalized spacial score (nSPS) is 24.1. The summed E-state index contributed by atoms with van der Waals surface area (Å²) in [6.07, 6.45) is -1.84. The summed E-state index contributed by atoms with van der Waals surface area (Å²) in [5.74, 6) is -1.56. The van der Waals surface area contributed by atoms with Crippen LogP contribution in [0.2, 0.25) is 0 Å². The van der Waals surface area contributed by atoms with Gasteiger partial charge in [-0.1, -0.05) is 19.1 Å². The van der Waals surface area contributed by atoms with Gasteiger partial charge < -0.3 is 15.7 Å². The van der Waals surface area contributed by atoms with Crippen LogP contribution in [0.25, 0.3) is 0 Å². The zero-order valence-corrected chi connectivity index (χ0v) is 21.7. The van der Waals surface area contributed by atoms with Crippen LogP contribution in [0, 0.1) is 11.8 Å². The van der Waals surface area contributed by atoms with Gasteiger partial charge in [-0.3, -0.25) is 9.69 Å². The average Bonchev–Trinajstić information content (AvgIpc) is 3.26. The van der Waals surface area contributed by atoms with Gasteiger partial charge in [0.15, 0.2) is 9.84 Å². The Kier molecular flexibility index (Phi) is 8.06. The highest BCUT2D eigenvalue weighted by Gasteiger charge is 2.42. The van der Waals surface area contributed by atoms with E-state index in [0.29, 0.717) is 43.6 Å². The van der Waals surface area contributed by atoms with Gasteiger partial charge in [-0.2, -0.15) is 13.2 Å². The van der Waals surface area contributed by atoms with E-state index >= 15 is 0 Å². The lowest BCUT2D eigenvalue weighted by Crippen LogP contribution is -2.37. The van der Waals surface area contributed by atoms with Crippen molar-refractivity contribution in [3.8, 4) is 0 Å². The van der Waals surface area contributed by atoms with E-state index < -0.39 is 33.9 Å². The van der Waals surface area contributed by atoms with Crippen LogP contribution in [0.5, 0.6) is 0 Å². The maximum Gasteiger partial charge on any atom is 0.391 e. The van der Waals surface area contributed by atoms with E-state index in [1.165, 1.54) is 12.1 Å². The maximum atomic E-state index is 13.0. The molecule has 3 aliphatic rings. The van der Waals surface area contributed by atoms with Crippen molar-refractivity contribution in [1.29, 1.82) is 0 Å². The van der Waals surface area contributed by atoms with Gasteiger partial charge in [-0.05, 0) is 60.9 Å². The molecule has 0 bridgehead atoms. The first-order valence-corrected chi connectivity index (χ1v) is 14.3. The zero-order chi connectivity index (χ0) is 27.0. The Morgan fingerprint density at radius 3 is 2.32 bits per heavy atom. The van der Waals surface area contributed by atoms with Gasteiger partial charge in [0, 0.05) is 44.0 Å². The van der Waals surface area contributed by atoms with Crippen LogP contribution in [-0.2, 0) is 14.6 Å². The monoisotopic (exact) mass is 541 g/mol. The van der Waals surface area contributed by atoms with E-state index in [2.05, 4.69) is 4.90 Å². The van der Waals surface area contributed by atoms with E-state index in [1.54, 1.807) is 25.1 Å². The van der Waals surface area contributed by atoms with E-state index in [4.69, 9.17) is 5.73 Å². The first-order chi connectivity index (χ1) is 17.4. The smallest absolute Gasteiger partial charge is 0.387 e. The molecular formula is C26H34F3N3O4S. The molecule has 0 aromatic heterocycles. The van der Waals surface area contributed by atoms with Crippen molar-refractivity contribution in [1.82, 2.24) is 9.80 Å². The van der Waals surface area contributed by atoms with Crippen LogP contribution in [0.3, 0.4) is 0 Å². The first kappa shape index (κ1) is 27.7. The molecule has 0 spiro atoms. The van der Waals surface area contributed by atoms with Crippen molar-refractivity contribution in [2.45, 2.75) is 49.8 Å². The standard InChI is InChI=1S/C26H34F3N3O4S/c1-2-37(35,36)22-9-5-18(6-10-22)24(33)16-32-14-20(25(30)34)11-19-13-31(15-23(19)32)12-17-3-7-21(8-4-17)26(27,28)29/h5-6,9-11,17,21,24,33H,2-4,7-8,12-16H2,1H3,(H2,30,34)/t17?,21?,24-/m0/s1. The van der Waals surface area contributed by atoms with Gasteiger partial charge >= 0.3 is 6.18 Å². The lowest BCUT2D eigenvalue weighted by molar-refractivity contribution is -0.184. The number of nitrogens with two attached hydrogens (primary N) is 1. The highest BCUT2D eigenvalue weighted by atomic mass is 32.2. The highest BCUT2D eigenvalue weighted by Crippen LogP contribution is 2.40. The number of benzene rings is 1. The molecule has 1 fully saturated rings. The zero-order valence-electron chi connectivity index (χ0n) is 20.9. The largest absolute Gasteiger partial charge is 0.391 e. The molecule has 1 amide bonds. The highest BCUT2D eigenvalue weighted by molar-refractivity contribution is 7.91. The summed E-state index contributed by atoms with van der Waals surface area (Å²) in [6.45, 7) is 3.84. The fourth-order valence-corrected chi connectivity index (χ4v) is 6.44. The Morgan fingerprint density at radius 2 is 1.76 bits per heavy atom. The third kappa shape index (κ3) is 6.38. The second-order valence-corrected chi connectivity index (χ2v) is 12.6. The summed E-state index contributed by atoms with van der Waals surface area (Å²) < 4.78 is 63.2. The predicted octanol–water partition coefficient (Wildman–Crippen LogP) is 3.18. The third-order valence-electron chi connectivity index (χ3n) is 7.77. The van der Waals surface area contributed by atoms with Crippen molar-refractivity contribution >= 4 is 15.7 Å². The molecule has 37 heavy (non-hydrogen) atoms. The number of aliphatic hydroxyl groups excluding tert-OH is 1. The second-order valence-electron chi connectivity index (χ2n) is 10.3. The summed E-state index contributed by atoms with van der Waals surface area (Å²) in [7, 11) is -3.34. The molecule has 2 heterocycles. The molecule has 204 valence electrons. The van der Waals surface area contributed by atoms with Crippen LogP contribution in [-0.4, -0.2) is 73.9 Å². The van der Waals surface area contributed by atoms with Gasteiger partial charge in [0.2, 0.25) is 5.91 Å². The molecule has 1 aliphatic carbocycles. The number of halogens is 3. The number of amides is 1. The van der Waals surface area contributed by atoms with Gasteiger partial charge in [-0.25, -0.2) is 8.42 Å². The number of nitrogens with zero attached hydrogens (tertiary/aromatic N) is 2. The molecular weight excluding hydrogens is 507 g/mol. The summed E-state index contributed by atoms with van der Waals surface area (Å²) in [4.78, 5) is 16.3. The SMILES string of the molecule is CCS(=O)(=O)c1ccc([C@@H](O)CN2CC(C(N)=O)=CC3=C2CN(CC2CCC(C(F)(F)F)CC2)C3)cc1. The number of carbonyl (C=O) groups is 1. The number of hydrogen-bond acceptors (Lipinski definition) is 6. The van der Waals surface area contributed by atoms with Crippen molar-refractivity contribution in [2.75, 3.05) is 38.5 Å². The number of aliphatic hydroxyl groups is 1. The molecule has 2 aliphatic heterocycles. The van der Waals surface area contributed by atoms with Gasteiger partial charge in [0.1, 0.15) is 0 Å². The molecule has 1 aromatic rings. The molecule has 7 nitrogen and oxygen atoms in total. The van der Waals surface area contributed by atoms with Crippen molar-refractivity contribution in [3.05, 3.63) is 52.7 Å². The number of alkyl halides is 3. The van der Waals surface area contributed by atoms with Gasteiger partial charge in [0.05, 0.1) is 22.7 Å². The van der Waals surface area contributed by atoms with Crippen LogP contribution in [0.15, 0.2) is 52.1 Å². The number of sulfone groups is 1. The van der Waals surface area contributed by atoms with E-state index in [-0.39, 0.29) is 42.5 Å². The van der Waals surface area contributed by atoms with E-state index in [1.807, 2.05) is 4.90 Å². The Hall–Kier alpha value is -2.37. The van der Waals surface area contributed by atoms with Crippen LogP contribution >= 0.6 is 0 Å². The maximum absolute atomic E-state index is 13.0. The second kappa shape index (κ2) is 10.8. The number of hydrogen-bond donors (Lipinski definition) is 2. The van der Waals surface area contributed by atoms with Crippen molar-refractivity contribution in [3.63, 3.8) is 0 Å². The van der Waals surface area contributed by atoms with Crippen LogP contribution in [0.1, 0.15) is 44.3 Å². The van der Waals surface area contributed by atoms with E-state index in [0.717, 1.165) is 11.3 Å². The number of primary amides is 1. The molecule has 3 N–H and O–H groups in total.